The molecule has 0 N–H and O–H groups in total. The quantitative estimate of drug-likeness (QED) is 0.297. The lowest BCUT2D eigenvalue weighted by molar-refractivity contribution is 1.50. The van der Waals surface area contributed by atoms with Crippen LogP contribution in [0.3, 0.4) is 0 Å². The average Bonchev–Trinajstić information content (AvgIpc) is 2.91. The lowest BCUT2D eigenvalue weighted by atomic mass is 9.99. The lowest BCUT2D eigenvalue weighted by Gasteiger charge is -2.05. The van der Waals surface area contributed by atoms with Gasteiger partial charge in [-0.05, 0) is 55.9 Å². The number of benzene rings is 4. The summed E-state index contributed by atoms with van der Waals surface area (Å²) in [4.78, 5) is 0. The molecule has 1 aliphatic carbocycles. The van der Waals surface area contributed by atoms with E-state index in [1.165, 1.54) is 43.8 Å². The molecule has 106 valence electrons. The summed E-state index contributed by atoms with van der Waals surface area (Å²) in [6, 6.07) is 26.5. The van der Waals surface area contributed by atoms with Gasteiger partial charge in [0.05, 0.1) is 0 Å². The fourth-order valence-corrected chi connectivity index (χ4v) is 3.48. The average molecular weight is 282 g/mol. The first-order chi connectivity index (χ1) is 10.9. The van der Waals surface area contributed by atoms with Gasteiger partial charge in [0.25, 0.3) is 0 Å². The topological polar surface area (TPSA) is 0 Å². The van der Waals surface area contributed by atoms with Crippen molar-refractivity contribution in [2.24, 2.45) is 0 Å². The Bertz CT molecular complexity index is 916. The van der Waals surface area contributed by atoms with E-state index in [9.17, 15) is 0 Å². The minimum Gasteiger partial charge on any atom is -0.0683 e. The summed E-state index contributed by atoms with van der Waals surface area (Å²) >= 11 is 0. The van der Waals surface area contributed by atoms with Crippen LogP contribution < -0.4 is 0 Å². The summed E-state index contributed by atoms with van der Waals surface area (Å²) < 4.78 is 0. The molecule has 0 aromatic heterocycles. The van der Waals surface area contributed by atoms with Gasteiger partial charge in [-0.15, -0.1) is 0 Å². The van der Waals surface area contributed by atoms with E-state index in [1.54, 1.807) is 0 Å². The van der Waals surface area contributed by atoms with Crippen molar-refractivity contribution in [3.63, 3.8) is 0 Å². The van der Waals surface area contributed by atoms with Crippen LogP contribution >= 0.6 is 0 Å². The van der Waals surface area contributed by atoms with E-state index in [0.29, 0.717) is 0 Å². The fraction of sp³-hybridized carbons (Fsp3) is 0.0909. The molecule has 0 heterocycles. The SMILES string of the molecule is CC.c1ccc2cc3c(cc2c1)-c1cccc2cccc-3c12. The van der Waals surface area contributed by atoms with Crippen molar-refractivity contribution in [2.45, 2.75) is 13.8 Å². The van der Waals surface area contributed by atoms with Crippen LogP contribution in [0, 0.1) is 0 Å². The van der Waals surface area contributed by atoms with Crippen molar-refractivity contribution in [3.8, 4) is 22.3 Å². The second-order valence-corrected chi connectivity index (χ2v) is 5.45. The highest BCUT2D eigenvalue weighted by molar-refractivity contribution is 6.17. The molecule has 0 bridgehead atoms. The van der Waals surface area contributed by atoms with Gasteiger partial charge in [-0.1, -0.05) is 74.5 Å². The summed E-state index contributed by atoms with van der Waals surface area (Å²) in [5.41, 5.74) is 5.49. The third-order valence-corrected chi connectivity index (χ3v) is 4.37. The Kier molecular flexibility index (Phi) is 2.97. The second-order valence-electron chi connectivity index (χ2n) is 5.45. The summed E-state index contributed by atoms with van der Waals surface area (Å²) in [6.07, 6.45) is 0. The zero-order chi connectivity index (χ0) is 15.1. The van der Waals surface area contributed by atoms with Crippen molar-refractivity contribution in [3.05, 3.63) is 72.8 Å². The van der Waals surface area contributed by atoms with E-state index < -0.39 is 0 Å². The van der Waals surface area contributed by atoms with Gasteiger partial charge in [0.2, 0.25) is 0 Å². The van der Waals surface area contributed by atoms with Gasteiger partial charge >= 0.3 is 0 Å². The molecule has 0 radical (unpaired) electrons. The van der Waals surface area contributed by atoms with Crippen molar-refractivity contribution in [1.29, 1.82) is 0 Å². The van der Waals surface area contributed by atoms with Gasteiger partial charge in [0, 0.05) is 0 Å². The van der Waals surface area contributed by atoms with E-state index in [4.69, 9.17) is 0 Å². The van der Waals surface area contributed by atoms with Gasteiger partial charge in [0.15, 0.2) is 0 Å². The Balaban J connectivity index is 0.000000602. The smallest absolute Gasteiger partial charge is 0.00264 e. The summed E-state index contributed by atoms with van der Waals surface area (Å²) in [7, 11) is 0. The van der Waals surface area contributed by atoms with Crippen LogP contribution in [0.4, 0.5) is 0 Å². The van der Waals surface area contributed by atoms with E-state index in [1.807, 2.05) is 13.8 Å². The van der Waals surface area contributed by atoms with Crippen LogP contribution in [0.25, 0.3) is 43.8 Å². The van der Waals surface area contributed by atoms with Gasteiger partial charge in [0.1, 0.15) is 0 Å². The van der Waals surface area contributed by atoms with Crippen LogP contribution in [0.2, 0.25) is 0 Å². The number of rotatable bonds is 0. The molecule has 0 fully saturated rings. The van der Waals surface area contributed by atoms with E-state index >= 15 is 0 Å². The minimum atomic E-state index is 1.32. The van der Waals surface area contributed by atoms with Gasteiger partial charge < -0.3 is 0 Å². The van der Waals surface area contributed by atoms with Crippen LogP contribution in [-0.4, -0.2) is 0 Å². The molecule has 0 heteroatoms. The van der Waals surface area contributed by atoms with Crippen molar-refractivity contribution in [1.82, 2.24) is 0 Å². The van der Waals surface area contributed by atoms with Crippen LogP contribution in [0.15, 0.2) is 72.8 Å². The predicted octanol–water partition coefficient (Wildman–Crippen LogP) is 6.67. The van der Waals surface area contributed by atoms with E-state index in [2.05, 4.69) is 72.8 Å². The Morgan fingerprint density at radius 3 is 1.41 bits per heavy atom. The lowest BCUT2D eigenvalue weighted by Crippen LogP contribution is -1.78. The Hall–Kier alpha value is -2.60. The predicted molar refractivity (Wildman–Crippen MR) is 97.2 cm³/mol. The number of fused-ring (bicyclic) bond motifs is 4. The first-order valence-electron chi connectivity index (χ1n) is 7.97. The largest absolute Gasteiger partial charge is 0.0683 e. The third kappa shape index (κ3) is 1.70. The zero-order valence-corrected chi connectivity index (χ0v) is 12.9. The maximum absolute atomic E-state index is 2.33. The van der Waals surface area contributed by atoms with Gasteiger partial charge in [-0.2, -0.15) is 0 Å². The molecule has 0 nitrogen and oxygen atoms in total. The number of hydrogen-bond acceptors (Lipinski definition) is 0. The molecule has 0 amide bonds. The highest BCUT2D eigenvalue weighted by Crippen LogP contribution is 2.48. The first-order valence-corrected chi connectivity index (χ1v) is 7.97. The van der Waals surface area contributed by atoms with Crippen molar-refractivity contribution >= 4 is 21.5 Å². The molecule has 0 saturated heterocycles. The van der Waals surface area contributed by atoms with Crippen molar-refractivity contribution in [2.75, 3.05) is 0 Å². The standard InChI is InChI=1S/C20H12.C2H6/c1-2-6-15-12-19-17-10-4-8-13-7-3-9-16(20(13)17)18(19)11-14(15)5-1;1-2/h1-12H;1-2H3. The van der Waals surface area contributed by atoms with Crippen LogP contribution in [0.5, 0.6) is 0 Å². The molecule has 5 rings (SSSR count). The molecule has 0 aliphatic heterocycles. The number of hydrogen-bond donors (Lipinski definition) is 0. The Labute approximate surface area is 131 Å². The zero-order valence-electron chi connectivity index (χ0n) is 12.9. The third-order valence-electron chi connectivity index (χ3n) is 4.37. The second kappa shape index (κ2) is 4.99. The molecule has 4 aromatic rings. The molecule has 0 unspecified atom stereocenters. The maximum Gasteiger partial charge on any atom is -0.00264 e. The molecular formula is C22H18. The molecule has 0 spiro atoms. The molecule has 0 saturated carbocycles. The highest BCUT2D eigenvalue weighted by Gasteiger charge is 2.20. The van der Waals surface area contributed by atoms with Crippen LogP contribution in [-0.2, 0) is 0 Å². The van der Waals surface area contributed by atoms with Crippen LogP contribution in [0.1, 0.15) is 13.8 Å². The van der Waals surface area contributed by atoms with E-state index in [0.717, 1.165) is 0 Å². The molecule has 0 atom stereocenters. The highest BCUT2D eigenvalue weighted by atomic mass is 14.2. The maximum atomic E-state index is 2.33. The fourth-order valence-electron chi connectivity index (χ4n) is 3.48. The Morgan fingerprint density at radius 1 is 0.455 bits per heavy atom. The summed E-state index contributed by atoms with van der Waals surface area (Å²) in [5, 5.41) is 5.37. The summed E-state index contributed by atoms with van der Waals surface area (Å²) in [5.74, 6) is 0. The molecule has 4 aromatic carbocycles. The van der Waals surface area contributed by atoms with Gasteiger partial charge in [-0.25, -0.2) is 0 Å². The van der Waals surface area contributed by atoms with Gasteiger partial charge in [-0.3, -0.25) is 0 Å². The Morgan fingerprint density at radius 2 is 0.909 bits per heavy atom. The molecule has 1 aliphatic rings. The monoisotopic (exact) mass is 282 g/mol. The van der Waals surface area contributed by atoms with E-state index in [-0.39, 0.29) is 0 Å². The first kappa shape index (κ1) is 13.1. The molecule has 22 heavy (non-hydrogen) atoms. The van der Waals surface area contributed by atoms with Crippen molar-refractivity contribution < 1.29 is 0 Å². The summed E-state index contributed by atoms with van der Waals surface area (Å²) in [6.45, 7) is 4.00. The normalized spacial score (nSPS) is 11.2. The minimum absolute atomic E-state index is 1.32. The molecular weight excluding hydrogens is 264 g/mol.